The minimum atomic E-state index is -0.899. The van der Waals surface area contributed by atoms with Gasteiger partial charge in [0, 0.05) is 5.92 Å². The number of aliphatic carboxylic acids is 1. The standard InChI is InChI=1S/C16H25NO3/c1-2-3-13(16(19)20)17-15(18)14-11-5-9-4-10(7-11)8-12(14)6-9/h9-14H,2-8H2,1H3,(H,17,18)(H,19,20)/t9?,10?,11?,12?,13-,14?/m1/s1. The molecule has 20 heavy (non-hydrogen) atoms. The number of carbonyl (C=O) groups excluding carboxylic acids is 1. The Balaban J connectivity index is 1.66. The van der Waals surface area contributed by atoms with Crippen LogP contribution in [0.2, 0.25) is 0 Å². The zero-order valence-corrected chi connectivity index (χ0v) is 12.2. The molecule has 4 aliphatic rings. The maximum Gasteiger partial charge on any atom is 0.326 e. The summed E-state index contributed by atoms with van der Waals surface area (Å²) in [5.74, 6) is 1.91. The van der Waals surface area contributed by atoms with Crippen LogP contribution >= 0.6 is 0 Å². The van der Waals surface area contributed by atoms with Crippen molar-refractivity contribution in [1.82, 2.24) is 5.32 Å². The molecule has 0 radical (unpaired) electrons. The summed E-state index contributed by atoms with van der Waals surface area (Å²) in [6.45, 7) is 1.95. The molecule has 0 heterocycles. The third kappa shape index (κ3) is 2.45. The second-order valence-corrected chi connectivity index (χ2v) is 7.14. The molecule has 4 aliphatic carbocycles. The first-order chi connectivity index (χ1) is 9.58. The largest absolute Gasteiger partial charge is 0.480 e. The van der Waals surface area contributed by atoms with Crippen molar-refractivity contribution in [2.75, 3.05) is 0 Å². The lowest BCUT2D eigenvalue weighted by atomic mass is 9.51. The minimum absolute atomic E-state index is 0.0136. The number of hydrogen-bond donors (Lipinski definition) is 2. The highest BCUT2D eigenvalue weighted by atomic mass is 16.4. The van der Waals surface area contributed by atoms with E-state index in [1.807, 2.05) is 6.92 Å². The van der Waals surface area contributed by atoms with Gasteiger partial charge in [0.25, 0.3) is 0 Å². The zero-order valence-electron chi connectivity index (χ0n) is 12.2. The van der Waals surface area contributed by atoms with Crippen LogP contribution in [-0.2, 0) is 9.59 Å². The molecule has 2 N–H and O–H groups in total. The predicted molar refractivity (Wildman–Crippen MR) is 75.0 cm³/mol. The summed E-state index contributed by atoms with van der Waals surface area (Å²) in [4.78, 5) is 23.7. The summed E-state index contributed by atoms with van der Waals surface area (Å²) in [5.41, 5.74) is 0. The van der Waals surface area contributed by atoms with Crippen molar-refractivity contribution in [2.24, 2.45) is 29.6 Å². The van der Waals surface area contributed by atoms with Gasteiger partial charge in [0.05, 0.1) is 0 Å². The Morgan fingerprint density at radius 1 is 1.10 bits per heavy atom. The molecule has 0 saturated heterocycles. The van der Waals surface area contributed by atoms with Crippen molar-refractivity contribution in [3.63, 3.8) is 0 Å². The zero-order chi connectivity index (χ0) is 14.3. The fraction of sp³-hybridized carbons (Fsp3) is 0.875. The molecule has 0 unspecified atom stereocenters. The van der Waals surface area contributed by atoms with Crippen LogP contribution in [0.4, 0.5) is 0 Å². The van der Waals surface area contributed by atoms with Crippen LogP contribution in [0.15, 0.2) is 0 Å². The highest BCUT2D eigenvalue weighted by molar-refractivity contribution is 5.85. The van der Waals surface area contributed by atoms with Gasteiger partial charge in [-0.15, -0.1) is 0 Å². The van der Waals surface area contributed by atoms with Crippen molar-refractivity contribution in [1.29, 1.82) is 0 Å². The summed E-state index contributed by atoms with van der Waals surface area (Å²) in [5, 5.41) is 12.0. The van der Waals surface area contributed by atoms with E-state index < -0.39 is 12.0 Å². The van der Waals surface area contributed by atoms with Crippen molar-refractivity contribution < 1.29 is 14.7 Å². The van der Waals surface area contributed by atoms with Crippen LogP contribution in [-0.4, -0.2) is 23.0 Å². The first-order valence-corrected chi connectivity index (χ1v) is 8.11. The van der Waals surface area contributed by atoms with Crippen molar-refractivity contribution in [3.8, 4) is 0 Å². The molecule has 4 saturated carbocycles. The first-order valence-electron chi connectivity index (χ1n) is 8.11. The Hall–Kier alpha value is -1.06. The van der Waals surface area contributed by atoms with Crippen LogP contribution in [0, 0.1) is 29.6 Å². The number of carboxylic acids is 1. The van der Waals surface area contributed by atoms with Gasteiger partial charge >= 0.3 is 5.97 Å². The molecule has 4 rings (SSSR count). The molecular formula is C16H25NO3. The first kappa shape index (κ1) is 13.9. The molecule has 0 aromatic heterocycles. The molecule has 1 amide bonds. The highest BCUT2D eigenvalue weighted by Crippen LogP contribution is 2.56. The number of carbonyl (C=O) groups is 2. The monoisotopic (exact) mass is 279 g/mol. The van der Waals surface area contributed by atoms with Gasteiger partial charge in [-0.1, -0.05) is 13.3 Å². The molecule has 4 heteroatoms. The normalized spacial score (nSPS) is 39.5. The van der Waals surface area contributed by atoms with E-state index in [0.29, 0.717) is 18.3 Å². The molecule has 1 atom stereocenters. The van der Waals surface area contributed by atoms with Crippen LogP contribution < -0.4 is 5.32 Å². The lowest BCUT2D eigenvalue weighted by Crippen LogP contribution is -2.53. The smallest absolute Gasteiger partial charge is 0.326 e. The van der Waals surface area contributed by atoms with Gasteiger partial charge in [0.1, 0.15) is 6.04 Å². The van der Waals surface area contributed by atoms with Crippen molar-refractivity contribution in [3.05, 3.63) is 0 Å². The Kier molecular flexibility index (Phi) is 3.74. The average Bonchev–Trinajstić information content (AvgIpc) is 2.36. The van der Waals surface area contributed by atoms with Crippen LogP contribution in [0.1, 0.15) is 51.9 Å². The second-order valence-electron chi connectivity index (χ2n) is 7.14. The molecule has 4 nitrogen and oxygen atoms in total. The van der Waals surface area contributed by atoms with Gasteiger partial charge in [-0.05, 0) is 62.2 Å². The van der Waals surface area contributed by atoms with E-state index in [9.17, 15) is 14.7 Å². The van der Waals surface area contributed by atoms with E-state index in [0.717, 1.165) is 18.3 Å². The number of hydrogen-bond acceptors (Lipinski definition) is 2. The highest BCUT2D eigenvalue weighted by Gasteiger charge is 2.51. The molecule has 0 aliphatic heterocycles. The van der Waals surface area contributed by atoms with E-state index in [2.05, 4.69) is 5.32 Å². The number of rotatable bonds is 5. The summed E-state index contributed by atoms with van der Waals surface area (Å²) in [7, 11) is 0. The fourth-order valence-corrected chi connectivity index (χ4v) is 5.17. The average molecular weight is 279 g/mol. The van der Waals surface area contributed by atoms with Gasteiger partial charge in [0.15, 0.2) is 0 Å². The number of amides is 1. The van der Waals surface area contributed by atoms with E-state index in [-0.39, 0.29) is 11.8 Å². The molecule has 4 bridgehead atoms. The summed E-state index contributed by atoms with van der Waals surface area (Å²) in [6, 6.07) is -0.704. The number of nitrogens with one attached hydrogen (secondary N) is 1. The summed E-state index contributed by atoms with van der Waals surface area (Å²) in [6.07, 6.45) is 7.43. The van der Waals surface area contributed by atoms with Gasteiger partial charge in [-0.3, -0.25) is 4.79 Å². The van der Waals surface area contributed by atoms with E-state index in [1.54, 1.807) is 0 Å². The Morgan fingerprint density at radius 3 is 2.10 bits per heavy atom. The van der Waals surface area contributed by atoms with Gasteiger partial charge < -0.3 is 10.4 Å². The van der Waals surface area contributed by atoms with Crippen LogP contribution in [0.5, 0.6) is 0 Å². The van der Waals surface area contributed by atoms with Crippen LogP contribution in [0.25, 0.3) is 0 Å². The molecular weight excluding hydrogens is 254 g/mol. The quantitative estimate of drug-likeness (QED) is 0.812. The Labute approximate surface area is 120 Å². The minimum Gasteiger partial charge on any atom is -0.480 e. The lowest BCUT2D eigenvalue weighted by Gasteiger charge is -2.53. The van der Waals surface area contributed by atoms with E-state index in [4.69, 9.17) is 0 Å². The molecule has 4 fully saturated rings. The predicted octanol–water partition coefficient (Wildman–Crippen LogP) is 2.43. The van der Waals surface area contributed by atoms with Crippen molar-refractivity contribution >= 4 is 11.9 Å². The van der Waals surface area contributed by atoms with Gasteiger partial charge in [-0.2, -0.15) is 0 Å². The van der Waals surface area contributed by atoms with E-state index in [1.165, 1.54) is 32.1 Å². The fourth-order valence-electron chi connectivity index (χ4n) is 5.17. The second kappa shape index (κ2) is 5.38. The maximum absolute atomic E-state index is 12.5. The van der Waals surface area contributed by atoms with Crippen LogP contribution in [0.3, 0.4) is 0 Å². The SMILES string of the molecule is CCC[C@@H](NC(=O)C1C2CC3CC(C2)CC1C3)C(=O)O. The van der Waals surface area contributed by atoms with Gasteiger partial charge in [0.2, 0.25) is 5.91 Å². The molecule has 0 aromatic carbocycles. The third-order valence-corrected chi connectivity index (χ3v) is 5.72. The number of carboxylic acid groups (broad SMARTS) is 1. The van der Waals surface area contributed by atoms with E-state index >= 15 is 0 Å². The molecule has 112 valence electrons. The third-order valence-electron chi connectivity index (χ3n) is 5.72. The van der Waals surface area contributed by atoms with Gasteiger partial charge in [-0.25, -0.2) is 4.79 Å². The topological polar surface area (TPSA) is 66.4 Å². The summed E-state index contributed by atoms with van der Waals surface area (Å²) < 4.78 is 0. The Morgan fingerprint density at radius 2 is 1.65 bits per heavy atom. The van der Waals surface area contributed by atoms with Crippen molar-refractivity contribution in [2.45, 2.75) is 57.9 Å². The molecule has 0 aromatic rings. The maximum atomic E-state index is 12.5. The lowest BCUT2D eigenvalue weighted by molar-refractivity contribution is -0.146. The Bertz CT molecular complexity index is 379. The molecule has 0 spiro atoms. The summed E-state index contributed by atoms with van der Waals surface area (Å²) >= 11 is 0.